The van der Waals surface area contributed by atoms with Crippen molar-refractivity contribution in [3.8, 4) is 22.7 Å². The molecule has 0 fully saturated rings. The van der Waals surface area contributed by atoms with Gasteiger partial charge in [-0.15, -0.1) is 21.5 Å². The summed E-state index contributed by atoms with van der Waals surface area (Å²) in [6.07, 6.45) is 0. The van der Waals surface area contributed by atoms with E-state index in [1.54, 1.807) is 12.1 Å². The van der Waals surface area contributed by atoms with Gasteiger partial charge in [-0.05, 0) is 31.2 Å². The molecule has 146 valence electrons. The molecule has 0 saturated heterocycles. The first-order valence-corrected chi connectivity index (χ1v) is 10.9. The van der Waals surface area contributed by atoms with Gasteiger partial charge in [-0.1, -0.05) is 53.2 Å². The van der Waals surface area contributed by atoms with Gasteiger partial charge in [0.25, 0.3) is 5.22 Å². The first-order valence-electron chi connectivity index (χ1n) is 8.61. The number of thiazole rings is 1. The van der Waals surface area contributed by atoms with E-state index in [0.717, 1.165) is 22.4 Å². The molecule has 29 heavy (non-hydrogen) atoms. The Morgan fingerprint density at radius 2 is 2.00 bits per heavy atom. The largest absolute Gasteiger partial charge is 0.411 e. The molecule has 0 bridgehead atoms. The van der Waals surface area contributed by atoms with Crippen molar-refractivity contribution in [2.45, 2.75) is 12.1 Å². The normalized spacial score (nSPS) is 10.8. The SMILES string of the molecule is Cc1cccc(-c2nnc(SCC(=O)Nc3nc(-c4ccc(Cl)cc4)cs3)o2)c1. The molecule has 9 heteroatoms. The maximum Gasteiger partial charge on any atom is 0.277 e. The summed E-state index contributed by atoms with van der Waals surface area (Å²) in [5.74, 6) is 0.386. The van der Waals surface area contributed by atoms with Gasteiger partial charge in [0.05, 0.1) is 11.4 Å². The highest BCUT2D eigenvalue weighted by Crippen LogP contribution is 2.27. The minimum atomic E-state index is -0.192. The standard InChI is InChI=1S/C20H15ClN4O2S2/c1-12-3-2-4-14(9-12)18-24-25-20(27-18)29-11-17(26)23-19-22-16(10-28-19)13-5-7-15(21)8-6-13/h2-10H,11H2,1H3,(H,22,23,26). The molecule has 4 aromatic rings. The van der Waals surface area contributed by atoms with Crippen LogP contribution in [0.3, 0.4) is 0 Å². The summed E-state index contributed by atoms with van der Waals surface area (Å²) in [5, 5.41) is 14.3. The fraction of sp³-hybridized carbons (Fsp3) is 0.100. The molecule has 1 amide bonds. The number of rotatable bonds is 6. The highest BCUT2D eigenvalue weighted by atomic mass is 35.5. The number of halogens is 1. The highest BCUT2D eigenvalue weighted by Gasteiger charge is 2.13. The van der Waals surface area contributed by atoms with E-state index in [9.17, 15) is 4.79 Å². The summed E-state index contributed by atoms with van der Waals surface area (Å²) in [6, 6.07) is 15.2. The summed E-state index contributed by atoms with van der Waals surface area (Å²) in [7, 11) is 0. The van der Waals surface area contributed by atoms with Crippen molar-refractivity contribution < 1.29 is 9.21 Å². The molecule has 0 saturated carbocycles. The van der Waals surface area contributed by atoms with Crippen molar-refractivity contribution in [2.75, 3.05) is 11.1 Å². The third-order valence-corrected chi connectivity index (χ3v) is 5.72. The molecule has 0 aliphatic rings. The highest BCUT2D eigenvalue weighted by molar-refractivity contribution is 7.99. The van der Waals surface area contributed by atoms with Crippen molar-refractivity contribution in [3.05, 3.63) is 64.5 Å². The molecule has 0 spiro atoms. The van der Waals surface area contributed by atoms with Gasteiger partial charge in [0.15, 0.2) is 5.13 Å². The number of hydrogen-bond donors (Lipinski definition) is 1. The minimum Gasteiger partial charge on any atom is -0.411 e. The third-order valence-electron chi connectivity index (χ3n) is 3.89. The second-order valence-corrected chi connectivity index (χ2v) is 8.35. The summed E-state index contributed by atoms with van der Waals surface area (Å²) < 4.78 is 5.63. The number of nitrogens with zero attached hydrogens (tertiary/aromatic N) is 3. The van der Waals surface area contributed by atoms with Crippen LogP contribution in [0.15, 0.2) is 63.6 Å². The Morgan fingerprint density at radius 3 is 2.79 bits per heavy atom. The number of thioether (sulfide) groups is 1. The number of amides is 1. The molecule has 6 nitrogen and oxygen atoms in total. The Balaban J connectivity index is 1.33. The van der Waals surface area contributed by atoms with Crippen LogP contribution in [0.1, 0.15) is 5.56 Å². The van der Waals surface area contributed by atoms with Gasteiger partial charge in [0.2, 0.25) is 11.8 Å². The Labute approximate surface area is 180 Å². The van der Waals surface area contributed by atoms with E-state index in [1.807, 2.05) is 48.7 Å². The molecular weight excluding hydrogens is 428 g/mol. The zero-order chi connectivity index (χ0) is 20.2. The van der Waals surface area contributed by atoms with Gasteiger partial charge >= 0.3 is 0 Å². The van der Waals surface area contributed by atoms with Crippen molar-refractivity contribution in [3.63, 3.8) is 0 Å². The van der Waals surface area contributed by atoms with Gasteiger partial charge in [-0.25, -0.2) is 4.98 Å². The number of carbonyl (C=O) groups excluding carboxylic acids is 1. The van der Waals surface area contributed by atoms with Crippen molar-refractivity contribution >= 4 is 45.7 Å². The average Bonchev–Trinajstić information content (AvgIpc) is 3.37. The maximum atomic E-state index is 12.2. The molecule has 0 unspecified atom stereocenters. The summed E-state index contributed by atoms with van der Waals surface area (Å²) >= 11 is 8.45. The van der Waals surface area contributed by atoms with Crippen LogP contribution in [0.2, 0.25) is 5.02 Å². The smallest absolute Gasteiger partial charge is 0.277 e. The van der Waals surface area contributed by atoms with E-state index in [4.69, 9.17) is 16.0 Å². The molecule has 0 aliphatic heterocycles. The lowest BCUT2D eigenvalue weighted by atomic mass is 10.1. The van der Waals surface area contributed by atoms with Crippen LogP contribution in [0.5, 0.6) is 0 Å². The number of aryl methyl sites for hydroxylation is 1. The molecule has 1 N–H and O–H groups in total. The lowest BCUT2D eigenvalue weighted by Gasteiger charge is -2.00. The lowest BCUT2D eigenvalue weighted by Crippen LogP contribution is -2.13. The molecule has 0 atom stereocenters. The molecule has 2 aromatic heterocycles. The Bertz CT molecular complexity index is 1140. The number of anilines is 1. The maximum absolute atomic E-state index is 12.2. The van der Waals surface area contributed by atoms with Crippen LogP contribution >= 0.6 is 34.7 Å². The topological polar surface area (TPSA) is 80.9 Å². The van der Waals surface area contributed by atoms with Crippen LogP contribution in [-0.2, 0) is 4.79 Å². The molecule has 2 heterocycles. The average molecular weight is 443 g/mol. The lowest BCUT2D eigenvalue weighted by molar-refractivity contribution is -0.113. The van der Waals surface area contributed by atoms with E-state index in [2.05, 4.69) is 20.5 Å². The number of nitrogens with one attached hydrogen (secondary N) is 1. The van der Waals surface area contributed by atoms with Crippen LogP contribution in [0, 0.1) is 6.92 Å². The fourth-order valence-electron chi connectivity index (χ4n) is 2.53. The monoisotopic (exact) mass is 442 g/mol. The van der Waals surface area contributed by atoms with E-state index >= 15 is 0 Å². The summed E-state index contributed by atoms with van der Waals surface area (Å²) in [5.41, 5.74) is 3.69. The first-order chi connectivity index (χ1) is 14.1. The number of carbonyl (C=O) groups is 1. The number of benzene rings is 2. The van der Waals surface area contributed by atoms with Crippen LogP contribution in [-0.4, -0.2) is 26.8 Å². The number of aromatic nitrogens is 3. The van der Waals surface area contributed by atoms with Crippen molar-refractivity contribution in [2.24, 2.45) is 0 Å². The van der Waals surface area contributed by atoms with Crippen LogP contribution in [0.4, 0.5) is 5.13 Å². The van der Waals surface area contributed by atoms with Crippen molar-refractivity contribution in [1.82, 2.24) is 15.2 Å². The second-order valence-electron chi connectivity index (χ2n) is 6.12. The molecule has 0 radical (unpaired) electrons. The van der Waals surface area contributed by atoms with E-state index in [-0.39, 0.29) is 11.7 Å². The Morgan fingerprint density at radius 1 is 1.17 bits per heavy atom. The zero-order valence-corrected chi connectivity index (χ0v) is 17.6. The molecule has 4 rings (SSSR count). The fourth-order valence-corrected chi connectivity index (χ4v) is 3.95. The third kappa shape index (κ3) is 5.03. The molecule has 2 aromatic carbocycles. The van der Waals surface area contributed by atoms with E-state index in [0.29, 0.717) is 21.3 Å². The van der Waals surface area contributed by atoms with Gasteiger partial charge in [-0.2, -0.15) is 0 Å². The second kappa shape index (κ2) is 8.77. The number of hydrogen-bond acceptors (Lipinski definition) is 7. The molecular formula is C20H15ClN4O2S2. The van der Waals surface area contributed by atoms with Gasteiger partial charge in [-0.3, -0.25) is 4.79 Å². The van der Waals surface area contributed by atoms with Gasteiger partial charge < -0.3 is 9.73 Å². The van der Waals surface area contributed by atoms with Gasteiger partial charge in [0, 0.05) is 21.5 Å². The predicted molar refractivity (Wildman–Crippen MR) is 116 cm³/mol. The zero-order valence-electron chi connectivity index (χ0n) is 15.3. The summed E-state index contributed by atoms with van der Waals surface area (Å²) in [4.78, 5) is 16.7. The molecule has 0 aliphatic carbocycles. The van der Waals surface area contributed by atoms with Gasteiger partial charge in [0.1, 0.15) is 0 Å². The van der Waals surface area contributed by atoms with E-state index < -0.39 is 0 Å². The Kier molecular flexibility index (Phi) is 5.94. The predicted octanol–water partition coefficient (Wildman–Crippen LogP) is 5.55. The van der Waals surface area contributed by atoms with Crippen molar-refractivity contribution in [1.29, 1.82) is 0 Å². The van der Waals surface area contributed by atoms with Crippen LogP contribution in [0.25, 0.3) is 22.7 Å². The first kappa shape index (κ1) is 19.6. The summed E-state index contributed by atoms with van der Waals surface area (Å²) in [6.45, 7) is 2.00. The quantitative estimate of drug-likeness (QED) is 0.394. The van der Waals surface area contributed by atoms with E-state index in [1.165, 1.54) is 23.1 Å². The van der Waals surface area contributed by atoms with Crippen LogP contribution < -0.4 is 5.32 Å². The minimum absolute atomic E-state index is 0.144. The Hall–Kier alpha value is -2.68.